The Bertz CT molecular complexity index is 1330. The molecule has 9 heteroatoms. The molecule has 0 bridgehead atoms. The van der Waals surface area contributed by atoms with Crippen LogP contribution in [0.2, 0.25) is 10.0 Å². The summed E-state index contributed by atoms with van der Waals surface area (Å²) in [6.45, 7) is 1.96. The van der Waals surface area contributed by atoms with Crippen LogP contribution in [0.4, 0.5) is 5.69 Å². The standard InChI is InChI=1S/C26H24Cl2N6O/c27-21-5-2-6-22(28)23(21)24-20(25(35-31-24)17-8-9-17)10-7-16-11-13-34(14-12-16)19-4-1-3-18(15-19)26-29-32-33-30-26/h1-7,10,15-17H,8-9,11-14H2,(H,29,30,32,33). The van der Waals surface area contributed by atoms with Crippen LogP contribution in [0.25, 0.3) is 28.7 Å². The highest BCUT2D eigenvalue weighted by molar-refractivity contribution is 6.39. The van der Waals surface area contributed by atoms with Crippen LogP contribution in [-0.4, -0.2) is 38.9 Å². The maximum atomic E-state index is 6.50. The van der Waals surface area contributed by atoms with Crippen LogP contribution in [0.15, 0.2) is 53.1 Å². The number of halogens is 2. The number of rotatable bonds is 6. The third kappa shape index (κ3) is 4.58. The number of benzene rings is 2. The molecule has 1 aliphatic carbocycles. The first-order chi connectivity index (χ1) is 17.2. The summed E-state index contributed by atoms with van der Waals surface area (Å²) in [5, 5.41) is 19.9. The molecule has 0 atom stereocenters. The Morgan fingerprint density at radius 2 is 1.77 bits per heavy atom. The summed E-state index contributed by atoms with van der Waals surface area (Å²) in [5.41, 5.74) is 4.62. The number of aromatic amines is 1. The van der Waals surface area contributed by atoms with Crippen LogP contribution in [-0.2, 0) is 0 Å². The van der Waals surface area contributed by atoms with E-state index >= 15 is 0 Å². The monoisotopic (exact) mass is 506 g/mol. The Balaban J connectivity index is 1.19. The van der Waals surface area contributed by atoms with Crippen molar-refractivity contribution in [1.29, 1.82) is 0 Å². The Morgan fingerprint density at radius 3 is 2.49 bits per heavy atom. The van der Waals surface area contributed by atoms with Gasteiger partial charge in [-0.05, 0) is 61.1 Å². The van der Waals surface area contributed by atoms with Crippen molar-refractivity contribution < 1.29 is 4.52 Å². The van der Waals surface area contributed by atoms with Crippen LogP contribution in [0.1, 0.15) is 42.9 Å². The van der Waals surface area contributed by atoms with Gasteiger partial charge in [0, 0.05) is 41.4 Å². The van der Waals surface area contributed by atoms with Crippen molar-refractivity contribution in [2.45, 2.75) is 31.6 Å². The molecule has 7 nitrogen and oxygen atoms in total. The van der Waals surface area contributed by atoms with Crippen molar-refractivity contribution in [3.63, 3.8) is 0 Å². The number of piperidine rings is 1. The molecule has 178 valence electrons. The smallest absolute Gasteiger partial charge is 0.204 e. The molecule has 4 aromatic rings. The van der Waals surface area contributed by atoms with E-state index in [0.29, 0.717) is 27.7 Å². The van der Waals surface area contributed by atoms with E-state index in [-0.39, 0.29) is 0 Å². The van der Waals surface area contributed by atoms with E-state index in [1.54, 1.807) is 0 Å². The van der Waals surface area contributed by atoms with Gasteiger partial charge in [0.15, 0.2) is 0 Å². The molecule has 35 heavy (non-hydrogen) atoms. The van der Waals surface area contributed by atoms with Gasteiger partial charge in [0.2, 0.25) is 5.82 Å². The molecule has 2 aromatic heterocycles. The zero-order valence-electron chi connectivity index (χ0n) is 19.0. The van der Waals surface area contributed by atoms with Crippen LogP contribution in [0.3, 0.4) is 0 Å². The van der Waals surface area contributed by atoms with Gasteiger partial charge >= 0.3 is 0 Å². The summed E-state index contributed by atoms with van der Waals surface area (Å²) in [6, 6.07) is 13.8. The highest BCUT2D eigenvalue weighted by Crippen LogP contribution is 2.46. The third-order valence-corrected chi connectivity index (χ3v) is 7.42. The second-order valence-electron chi connectivity index (χ2n) is 9.15. The number of allylic oxidation sites excluding steroid dienone is 1. The Kier molecular flexibility index (Phi) is 6.04. The number of aromatic nitrogens is 5. The van der Waals surface area contributed by atoms with E-state index in [4.69, 9.17) is 27.7 Å². The largest absolute Gasteiger partial charge is 0.371 e. The second kappa shape index (κ2) is 9.47. The molecule has 0 spiro atoms. The first-order valence-corrected chi connectivity index (χ1v) is 12.6. The minimum absolute atomic E-state index is 0.436. The van der Waals surface area contributed by atoms with Gasteiger partial charge in [-0.25, -0.2) is 0 Å². The van der Waals surface area contributed by atoms with Gasteiger partial charge in [0.1, 0.15) is 11.5 Å². The van der Waals surface area contributed by atoms with Crippen molar-refractivity contribution >= 4 is 35.0 Å². The zero-order valence-corrected chi connectivity index (χ0v) is 20.5. The minimum Gasteiger partial charge on any atom is -0.371 e. The first-order valence-electron chi connectivity index (χ1n) is 11.9. The number of tetrazole rings is 1. The number of nitrogens with one attached hydrogen (secondary N) is 1. The van der Waals surface area contributed by atoms with Crippen molar-refractivity contribution in [3.05, 3.63) is 69.9 Å². The van der Waals surface area contributed by atoms with Crippen LogP contribution in [0.5, 0.6) is 0 Å². The van der Waals surface area contributed by atoms with Crippen LogP contribution >= 0.6 is 23.2 Å². The Morgan fingerprint density at radius 1 is 1.00 bits per heavy atom. The van der Waals surface area contributed by atoms with Gasteiger partial charge in [-0.3, -0.25) is 0 Å². The number of hydrogen-bond donors (Lipinski definition) is 1. The predicted octanol–water partition coefficient (Wildman–Crippen LogP) is 6.64. The summed E-state index contributed by atoms with van der Waals surface area (Å²) in [4.78, 5) is 2.41. The molecule has 6 rings (SSSR count). The van der Waals surface area contributed by atoms with E-state index < -0.39 is 0 Å². The lowest BCUT2D eigenvalue weighted by Gasteiger charge is -2.32. The first kappa shape index (κ1) is 22.3. The summed E-state index contributed by atoms with van der Waals surface area (Å²) in [7, 11) is 0. The van der Waals surface area contributed by atoms with E-state index in [1.165, 1.54) is 5.69 Å². The van der Waals surface area contributed by atoms with Crippen LogP contribution in [0, 0.1) is 5.92 Å². The van der Waals surface area contributed by atoms with Gasteiger partial charge in [-0.1, -0.05) is 58.7 Å². The molecule has 0 amide bonds. The molecule has 1 saturated heterocycles. The molecular formula is C26H24Cl2N6O. The fourth-order valence-corrected chi connectivity index (χ4v) is 5.30. The van der Waals surface area contributed by atoms with E-state index in [2.05, 4.69) is 55.0 Å². The molecule has 1 N–H and O–H groups in total. The zero-order chi connectivity index (χ0) is 23.8. The SMILES string of the molecule is Clc1cccc(Cl)c1-c1noc(C2CC2)c1C=CC1CCN(c2cccc(-c3nn[nH]n3)c2)CC1. The molecule has 3 heterocycles. The van der Waals surface area contributed by atoms with Crippen molar-refractivity contribution in [3.8, 4) is 22.6 Å². The lowest BCUT2D eigenvalue weighted by atomic mass is 9.94. The number of H-pyrrole nitrogens is 1. The molecule has 2 aliphatic rings. The Hall–Kier alpha value is -3.16. The molecule has 0 radical (unpaired) electrons. The topological polar surface area (TPSA) is 83.7 Å². The van der Waals surface area contributed by atoms with Gasteiger partial charge in [0.05, 0.1) is 10.0 Å². The number of nitrogens with zero attached hydrogens (tertiary/aromatic N) is 5. The molecular weight excluding hydrogens is 483 g/mol. The van der Waals surface area contributed by atoms with Gasteiger partial charge in [-0.2, -0.15) is 5.21 Å². The quantitative estimate of drug-likeness (QED) is 0.315. The highest BCUT2D eigenvalue weighted by atomic mass is 35.5. The molecule has 2 fully saturated rings. The molecule has 2 aromatic carbocycles. The molecule has 1 saturated carbocycles. The fraction of sp³-hybridized carbons (Fsp3) is 0.308. The number of hydrogen-bond acceptors (Lipinski definition) is 6. The molecule has 1 aliphatic heterocycles. The average Bonchev–Trinajstić information content (AvgIpc) is 3.40. The van der Waals surface area contributed by atoms with Crippen LogP contribution < -0.4 is 4.90 Å². The maximum Gasteiger partial charge on any atom is 0.204 e. The normalized spacial score (nSPS) is 16.9. The predicted molar refractivity (Wildman–Crippen MR) is 138 cm³/mol. The lowest BCUT2D eigenvalue weighted by Crippen LogP contribution is -2.33. The van der Waals surface area contributed by atoms with E-state index in [9.17, 15) is 0 Å². The average molecular weight is 507 g/mol. The summed E-state index contributed by atoms with van der Waals surface area (Å²) in [6.07, 6.45) is 8.88. The highest BCUT2D eigenvalue weighted by Gasteiger charge is 2.32. The Labute approximate surface area is 213 Å². The minimum atomic E-state index is 0.436. The van der Waals surface area contributed by atoms with Crippen molar-refractivity contribution in [1.82, 2.24) is 25.8 Å². The second-order valence-corrected chi connectivity index (χ2v) is 9.96. The van der Waals surface area contributed by atoms with Crippen molar-refractivity contribution in [2.24, 2.45) is 5.92 Å². The lowest BCUT2D eigenvalue weighted by molar-refractivity contribution is 0.386. The summed E-state index contributed by atoms with van der Waals surface area (Å²) in [5.74, 6) is 2.47. The number of anilines is 1. The maximum absolute atomic E-state index is 6.50. The van der Waals surface area contributed by atoms with Gasteiger partial charge in [0.25, 0.3) is 0 Å². The van der Waals surface area contributed by atoms with E-state index in [1.807, 2.05) is 30.3 Å². The summed E-state index contributed by atoms with van der Waals surface area (Å²) < 4.78 is 5.80. The van der Waals surface area contributed by atoms with Crippen molar-refractivity contribution in [2.75, 3.05) is 18.0 Å². The van der Waals surface area contributed by atoms with E-state index in [0.717, 1.165) is 66.9 Å². The molecule has 0 unspecified atom stereocenters. The summed E-state index contributed by atoms with van der Waals surface area (Å²) >= 11 is 13.0. The third-order valence-electron chi connectivity index (χ3n) is 6.79. The van der Waals surface area contributed by atoms with Gasteiger partial charge < -0.3 is 9.42 Å². The fourth-order valence-electron chi connectivity index (χ4n) is 4.72. The van der Waals surface area contributed by atoms with Gasteiger partial charge in [-0.15, -0.1) is 10.2 Å².